The Bertz CT molecular complexity index is 581. The van der Waals surface area contributed by atoms with Gasteiger partial charge in [-0.1, -0.05) is 43.2 Å². The second-order valence-corrected chi connectivity index (χ2v) is 7.44. The maximum absolute atomic E-state index is 4.29. The number of benzene rings is 1. The van der Waals surface area contributed by atoms with Crippen LogP contribution >= 0.6 is 43.2 Å². The highest BCUT2D eigenvalue weighted by molar-refractivity contribution is 9.11. The van der Waals surface area contributed by atoms with Crippen LogP contribution in [0.2, 0.25) is 0 Å². The molecule has 0 unspecified atom stereocenters. The topological polar surface area (TPSA) is 37.8 Å². The van der Waals surface area contributed by atoms with Crippen LogP contribution in [0, 0.1) is 0 Å². The minimum absolute atomic E-state index is 0.756. The summed E-state index contributed by atoms with van der Waals surface area (Å²) in [6.45, 7) is 0.999. The third kappa shape index (κ3) is 3.62. The van der Waals surface area contributed by atoms with Crippen LogP contribution in [-0.4, -0.2) is 22.8 Å². The molecular formula is C13H13Br2N3S. The molecule has 3 rings (SSSR count). The van der Waals surface area contributed by atoms with Gasteiger partial charge in [-0.25, -0.2) is 0 Å². The average Bonchev–Trinajstić information content (AvgIpc) is 3.10. The first kappa shape index (κ1) is 13.7. The van der Waals surface area contributed by atoms with Gasteiger partial charge in [0.1, 0.15) is 10.0 Å². The molecule has 100 valence electrons. The largest absolute Gasteiger partial charge is 0.314 e. The lowest BCUT2D eigenvalue weighted by molar-refractivity contribution is 0.677. The summed E-state index contributed by atoms with van der Waals surface area (Å²) >= 11 is 8.72. The van der Waals surface area contributed by atoms with Crippen molar-refractivity contribution in [3.63, 3.8) is 0 Å². The SMILES string of the molecule is Brc1ccc(Br)c(-c2nnc(CCNC3CC3)s2)c1. The maximum Gasteiger partial charge on any atom is 0.148 e. The summed E-state index contributed by atoms with van der Waals surface area (Å²) in [7, 11) is 0. The molecule has 1 aliphatic rings. The highest BCUT2D eigenvalue weighted by Gasteiger charge is 2.20. The minimum Gasteiger partial charge on any atom is -0.314 e. The minimum atomic E-state index is 0.756. The molecule has 1 heterocycles. The first-order chi connectivity index (χ1) is 9.22. The zero-order valence-electron chi connectivity index (χ0n) is 10.2. The summed E-state index contributed by atoms with van der Waals surface area (Å²) in [5.74, 6) is 0. The van der Waals surface area contributed by atoms with E-state index in [0.29, 0.717) is 0 Å². The average molecular weight is 403 g/mol. The Morgan fingerprint density at radius 3 is 2.89 bits per heavy atom. The van der Waals surface area contributed by atoms with E-state index in [1.165, 1.54) is 12.8 Å². The molecule has 0 saturated heterocycles. The van der Waals surface area contributed by atoms with E-state index in [-0.39, 0.29) is 0 Å². The lowest BCUT2D eigenvalue weighted by Crippen LogP contribution is -2.19. The summed E-state index contributed by atoms with van der Waals surface area (Å²) in [6.07, 6.45) is 3.61. The summed E-state index contributed by atoms with van der Waals surface area (Å²) in [5, 5.41) is 14.1. The quantitative estimate of drug-likeness (QED) is 0.820. The van der Waals surface area contributed by atoms with Gasteiger partial charge in [0, 0.05) is 33.5 Å². The molecule has 0 amide bonds. The summed E-state index contributed by atoms with van der Waals surface area (Å²) in [5.41, 5.74) is 1.09. The predicted molar refractivity (Wildman–Crippen MR) is 85.5 cm³/mol. The van der Waals surface area contributed by atoms with E-state index < -0.39 is 0 Å². The van der Waals surface area contributed by atoms with Crippen molar-refractivity contribution in [3.8, 4) is 10.6 Å². The fourth-order valence-electron chi connectivity index (χ4n) is 1.80. The smallest absolute Gasteiger partial charge is 0.148 e. The predicted octanol–water partition coefficient (Wildman–Crippen LogP) is 4.02. The van der Waals surface area contributed by atoms with Gasteiger partial charge in [0.2, 0.25) is 0 Å². The van der Waals surface area contributed by atoms with E-state index in [9.17, 15) is 0 Å². The first-order valence-electron chi connectivity index (χ1n) is 6.23. The molecule has 1 N–H and O–H groups in total. The second kappa shape index (κ2) is 5.99. The highest BCUT2D eigenvalue weighted by Crippen LogP contribution is 2.32. The lowest BCUT2D eigenvalue weighted by atomic mass is 10.2. The Kier molecular flexibility index (Phi) is 4.31. The van der Waals surface area contributed by atoms with Crippen LogP contribution in [-0.2, 0) is 6.42 Å². The molecule has 1 fully saturated rings. The van der Waals surface area contributed by atoms with Crippen molar-refractivity contribution in [1.29, 1.82) is 0 Å². The van der Waals surface area contributed by atoms with Gasteiger partial charge >= 0.3 is 0 Å². The zero-order chi connectivity index (χ0) is 13.2. The van der Waals surface area contributed by atoms with Crippen molar-refractivity contribution in [2.45, 2.75) is 25.3 Å². The Hall–Kier alpha value is -0.300. The number of hydrogen-bond acceptors (Lipinski definition) is 4. The van der Waals surface area contributed by atoms with Crippen molar-refractivity contribution in [1.82, 2.24) is 15.5 Å². The van der Waals surface area contributed by atoms with Gasteiger partial charge in [0.15, 0.2) is 0 Å². The van der Waals surface area contributed by atoms with Gasteiger partial charge in [0.05, 0.1) is 0 Å². The van der Waals surface area contributed by atoms with Crippen LogP contribution < -0.4 is 5.32 Å². The highest BCUT2D eigenvalue weighted by atomic mass is 79.9. The molecule has 6 heteroatoms. The first-order valence-corrected chi connectivity index (χ1v) is 8.64. The van der Waals surface area contributed by atoms with Crippen LogP contribution in [0.4, 0.5) is 0 Å². The number of rotatable bonds is 5. The lowest BCUT2D eigenvalue weighted by Gasteiger charge is -2.00. The molecule has 3 nitrogen and oxygen atoms in total. The van der Waals surface area contributed by atoms with Crippen molar-refractivity contribution in [2.75, 3.05) is 6.54 Å². The van der Waals surface area contributed by atoms with E-state index >= 15 is 0 Å². The van der Waals surface area contributed by atoms with Gasteiger partial charge in [0.25, 0.3) is 0 Å². The molecule has 0 spiro atoms. The van der Waals surface area contributed by atoms with Crippen molar-refractivity contribution in [2.24, 2.45) is 0 Å². The molecule has 0 radical (unpaired) electrons. The third-order valence-electron chi connectivity index (χ3n) is 2.97. The molecule has 1 saturated carbocycles. The van der Waals surface area contributed by atoms with Crippen molar-refractivity contribution >= 4 is 43.2 Å². The number of halogens is 2. The summed E-state index contributed by atoms with van der Waals surface area (Å²) in [6, 6.07) is 6.85. The standard InChI is InChI=1S/C13H13Br2N3S/c14-8-1-4-11(15)10(7-8)13-18-17-12(19-13)5-6-16-9-2-3-9/h1,4,7,9,16H,2-3,5-6H2. The van der Waals surface area contributed by atoms with Gasteiger partial charge in [-0.3, -0.25) is 0 Å². The monoisotopic (exact) mass is 401 g/mol. The van der Waals surface area contributed by atoms with E-state index in [1.807, 2.05) is 12.1 Å². The molecule has 1 aromatic heterocycles. The zero-order valence-corrected chi connectivity index (χ0v) is 14.2. The molecule has 2 aromatic rings. The fourth-order valence-corrected chi connectivity index (χ4v) is 3.59. The fraction of sp³-hybridized carbons (Fsp3) is 0.385. The van der Waals surface area contributed by atoms with Gasteiger partial charge in [-0.05, 0) is 31.0 Å². The normalized spacial score (nSPS) is 14.8. The van der Waals surface area contributed by atoms with Crippen LogP contribution in [0.25, 0.3) is 10.6 Å². The maximum atomic E-state index is 4.29. The number of aromatic nitrogens is 2. The Morgan fingerprint density at radius 1 is 1.26 bits per heavy atom. The molecule has 1 aromatic carbocycles. The Labute approximate surface area is 133 Å². The molecule has 1 aliphatic carbocycles. The number of nitrogens with zero attached hydrogens (tertiary/aromatic N) is 2. The van der Waals surface area contributed by atoms with E-state index in [0.717, 1.165) is 43.5 Å². The molecule has 0 bridgehead atoms. The molecule has 19 heavy (non-hydrogen) atoms. The second-order valence-electron chi connectivity index (χ2n) is 4.60. The van der Waals surface area contributed by atoms with Gasteiger partial charge in [-0.2, -0.15) is 0 Å². The van der Waals surface area contributed by atoms with Crippen molar-refractivity contribution < 1.29 is 0 Å². The summed E-state index contributed by atoms with van der Waals surface area (Å²) < 4.78 is 2.10. The van der Waals surface area contributed by atoms with Crippen LogP contribution in [0.15, 0.2) is 27.1 Å². The van der Waals surface area contributed by atoms with E-state index in [1.54, 1.807) is 11.3 Å². The summed E-state index contributed by atoms with van der Waals surface area (Å²) in [4.78, 5) is 0. The van der Waals surface area contributed by atoms with Crippen LogP contribution in [0.3, 0.4) is 0 Å². The Balaban J connectivity index is 1.70. The molecule has 0 atom stereocenters. The molecular weight excluding hydrogens is 390 g/mol. The third-order valence-corrected chi connectivity index (χ3v) is 5.18. The number of nitrogens with one attached hydrogen (secondary N) is 1. The van der Waals surface area contributed by atoms with Gasteiger partial charge in [-0.15, -0.1) is 10.2 Å². The molecule has 0 aliphatic heterocycles. The van der Waals surface area contributed by atoms with Crippen LogP contribution in [0.5, 0.6) is 0 Å². The van der Waals surface area contributed by atoms with Crippen LogP contribution in [0.1, 0.15) is 17.8 Å². The Morgan fingerprint density at radius 2 is 2.11 bits per heavy atom. The van der Waals surface area contributed by atoms with Gasteiger partial charge < -0.3 is 5.32 Å². The van der Waals surface area contributed by atoms with E-state index in [4.69, 9.17) is 0 Å². The van der Waals surface area contributed by atoms with E-state index in [2.05, 4.69) is 53.4 Å². The number of hydrogen-bond donors (Lipinski definition) is 1. The van der Waals surface area contributed by atoms with Crippen molar-refractivity contribution in [3.05, 3.63) is 32.2 Å².